The molecule has 1 saturated carbocycles. The number of esters is 1. The molecule has 1 aromatic carbocycles. The highest BCUT2D eigenvalue weighted by Crippen LogP contribution is 2.35. The largest absolute Gasteiger partial charge is 0.486 e. The second-order valence-electron chi connectivity index (χ2n) is 6.95. The van der Waals surface area contributed by atoms with Crippen LogP contribution >= 0.6 is 0 Å². The summed E-state index contributed by atoms with van der Waals surface area (Å²) in [6, 6.07) is 5.60. The maximum atomic E-state index is 12.5. The van der Waals surface area contributed by atoms with Gasteiger partial charge < -0.3 is 19.1 Å². The zero-order valence-corrected chi connectivity index (χ0v) is 14.2. The molecule has 0 spiro atoms. The van der Waals surface area contributed by atoms with E-state index in [1.54, 1.807) is 0 Å². The lowest BCUT2D eigenvalue weighted by atomic mass is 9.98. The molecule has 0 aromatic heterocycles. The van der Waals surface area contributed by atoms with E-state index in [2.05, 4.69) is 0 Å². The zero-order valence-electron chi connectivity index (χ0n) is 14.2. The van der Waals surface area contributed by atoms with Gasteiger partial charge in [-0.3, -0.25) is 9.59 Å². The number of nitrogens with zero attached hydrogens (tertiary/aromatic N) is 1. The molecule has 4 rings (SSSR count). The maximum Gasteiger partial charge on any atom is 0.311 e. The SMILES string of the molecule is O=C(OCc1cccc2c1OCCO2)C1CCCN(C(=O)C2CC2)C1. The molecular formula is C19H23NO5. The summed E-state index contributed by atoms with van der Waals surface area (Å²) in [6.07, 6.45) is 3.62. The van der Waals surface area contributed by atoms with Crippen molar-refractivity contribution in [3.63, 3.8) is 0 Å². The minimum absolute atomic E-state index is 0.165. The normalized spacial score (nSPS) is 22.4. The van der Waals surface area contributed by atoms with Gasteiger partial charge in [0.05, 0.1) is 5.92 Å². The molecule has 1 aliphatic carbocycles. The fraction of sp³-hybridized carbons (Fsp3) is 0.579. The van der Waals surface area contributed by atoms with Crippen molar-refractivity contribution in [2.24, 2.45) is 11.8 Å². The molecule has 6 heteroatoms. The van der Waals surface area contributed by atoms with Crippen LogP contribution in [-0.2, 0) is 20.9 Å². The lowest BCUT2D eigenvalue weighted by Crippen LogP contribution is -2.43. The van der Waals surface area contributed by atoms with Crippen LogP contribution in [0.1, 0.15) is 31.2 Å². The lowest BCUT2D eigenvalue weighted by molar-refractivity contribution is -0.153. The average Bonchev–Trinajstić information content (AvgIpc) is 3.51. The van der Waals surface area contributed by atoms with Gasteiger partial charge in [-0.1, -0.05) is 12.1 Å². The molecule has 2 fully saturated rings. The first-order valence-corrected chi connectivity index (χ1v) is 9.05. The van der Waals surface area contributed by atoms with Crippen molar-refractivity contribution < 1.29 is 23.8 Å². The van der Waals surface area contributed by atoms with Gasteiger partial charge in [-0.2, -0.15) is 0 Å². The van der Waals surface area contributed by atoms with Crippen LogP contribution in [0, 0.1) is 11.8 Å². The number of para-hydroxylation sites is 1. The summed E-state index contributed by atoms with van der Waals surface area (Å²) in [4.78, 5) is 26.5. The van der Waals surface area contributed by atoms with E-state index in [9.17, 15) is 9.59 Å². The predicted molar refractivity (Wildman–Crippen MR) is 89.3 cm³/mol. The van der Waals surface area contributed by atoms with Crippen LogP contribution in [0.5, 0.6) is 11.5 Å². The van der Waals surface area contributed by atoms with Gasteiger partial charge in [-0.25, -0.2) is 0 Å². The molecule has 2 heterocycles. The van der Waals surface area contributed by atoms with Crippen LogP contribution in [0.2, 0.25) is 0 Å². The van der Waals surface area contributed by atoms with Crippen molar-refractivity contribution in [3.05, 3.63) is 23.8 Å². The topological polar surface area (TPSA) is 65.1 Å². The van der Waals surface area contributed by atoms with Gasteiger partial charge in [0.25, 0.3) is 0 Å². The lowest BCUT2D eigenvalue weighted by Gasteiger charge is -2.31. The molecule has 1 atom stereocenters. The van der Waals surface area contributed by atoms with Gasteiger partial charge in [0.2, 0.25) is 5.91 Å². The average molecular weight is 345 g/mol. The monoisotopic (exact) mass is 345 g/mol. The Bertz CT molecular complexity index is 670. The summed E-state index contributed by atoms with van der Waals surface area (Å²) in [6.45, 7) is 2.44. The van der Waals surface area contributed by atoms with E-state index in [0.717, 1.165) is 37.8 Å². The molecule has 134 valence electrons. The third kappa shape index (κ3) is 3.57. The first-order valence-electron chi connectivity index (χ1n) is 9.05. The molecule has 2 aliphatic heterocycles. The summed E-state index contributed by atoms with van der Waals surface area (Å²) in [5.74, 6) is 1.30. The molecule has 3 aliphatic rings. The molecule has 6 nitrogen and oxygen atoms in total. The highest BCUT2D eigenvalue weighted by Gasteiger charge is 2.37. The second kappa shape index (κ2) is 6.94. The molecule has 0 radical (unpaired) electrons. The Kier molecular flexibility index (Phi) is 4.51. The van der Waals surface area contributed by atoms with E-state index in [-0.39, 0.29) is 30.3 Å². The third-order valence-electron chi connectivity index (χ3n) is 5.01. The highest BCUT2D eigenvalue weighted by molar-refractivity contribution is 5.82. The van der Waals surface area contributed by atoms with Gasteiger partial charge in [-0.05, 0) is 31.7 Å². The van der Waals surface area contributed by atoms with Gasteiger partial charge in [0.15, 0.2) is 11.5 Å². The summed E-state index contributed by atoms with van der Waals surface area (Å²) in [7, 11) is 0. The minimum atomic E-state index is -0.234. The van der Waals surface area contributed by atoms with E-state index < -0.39 is 0 Å². The number of likely N-dealkylation sites (tertiary alicyclic amines) is 1. The van der Waals surface area contributed by atoms with Crippen molar-refractivity contribution in [1.29, 1.82) is 0 Å². The Morgan fingerprint density at radius 1 is 1.12 bits per heavy atom. The van der Waals surface area contributed by atoms with Gasteiger partial charge in [0.1, 0.15) is 19.8 Å². The fourth-order valence-corrected chi connectivity index (χ4v) is 3.47. The Morgan fingerprint density at radius 3 is 2.80 bits per heavy atom. The Hall–Kier alpha value is -2.24. The number of amides is 1. The van der Waals surface area contributed by atoms with Crippen molar-refractivity contribution >= 4 is 11.9 Å². The smallest absolute Gasteiger partial charge is 0.311 e. The standard InChI is InChI=1S/C19H23NO5/c21-18(13-6-7-13)20-8-2-4-14(11-20)19(22)25-12-15-3-1-5-16-17(15)24-10-9-23-16/h1,3,5,13-14H,2,4,6-12H2. The Labute approximate surface area is 147 Å². The number of carbonyl (C=O) groups excluding carboxylic acids is 2. The summed E-state index contributed by atoms with van der Waals surface area (Å²) in [5, 5.41) is 0. The minimum Gasteiger partial charge on any atom is -0.486 e. The van der Waals surface area contributed by atoms with Gasteiger partial charge in [0, 0.05) is 24.6 Å². The Balaban J connectivity index is 1.35. The van der Waals surface area contributed by atoms with Crippen LogP contribution in [-0.4, -0.2) is 43.1 Å². The van der Waals surface area contributed by atoms with E-state index in [4.69, 9.17) is 14.2 Å². The molecule has 25 heavy (non-hydrogen) atoms. The number of ether oxygens (including phenoxy) is 3. The predicted octanol–water partition coefficient (Wildman–Crippen LogP) is 2.15. The highest BCUT2D eigenvalue weighted by atomic mass is 16.6. The van der Waals surface area contributed by atoms with Gasteiger partial charge in [-0.15, -0.1) is 0 Å². The summed E-state index contributed by atoms with van der Waals surface area (Å²) in [5.41, 5.74) is 0.812. The van der Waals surface area contributed by atoms with Crippen molar-refractivity contribution in [2.75, 3.05) is 26.3 Å². The number of benzene rings is 1. The van der Waals surface area contributed by atoms with Crippen LogP contribution in [0.25, 0.3) is 0 Å². The van der Waals surface area contributed by atoms with Crippen LogP contribution in [0.3, 0.4) is 0 Å². The molecule has 1 amide bonds. The van der Waals surface area contributed by atoms with Gasteiger partial charge >= 0.3 is 5.97 Å². The van der Waals surface area contributed by atoms with Crippen molar-refractivity contribution in [3.8, 4) is 11.5 Å². The number of carbonyl (C=O) groups is 2. The third-order valence-corrected chi connectivity index (χ3v) is 5.01. The molecule has 0 N–H and O–H groups in total. The van der Waals surface area contributed by atoms with E-state index in [1.165, 1.54) is 0 Å². The van der Waals surface area contributed by atoms with Crippen molar-refractivity contribution in [1.82, 2.24) is 4.90 Å². The van der Waals surface area contributed by atoms with E-state index in [1.807, 2.05) is 23.1 Å². The molecule has 1 unspecified atom stereocenters. The van der Waals surface area contributed by atoms with Crippen LogP contribution in [0.4, 0.5) is 0 Å². The number of hydrogen-bond acceptors (Lipinski definition) is 5. The zero-order chi connectivity index (χ0) is 17.2. The van der Waals surface area contributed by atoms with Crippen LogP contribution < -0.4 is 9.47 Å². The molecular weight excluding hydrogens is 322 g/mol. The Morgan fingerprint density at radius 2 is 1.96 bits per heavy atom. The van der Waals surface area contributed by atoms with E-state index >= 15 is 0 Å². The van der Waals surface area contributed by atoms with Crippen molar-refractivity contribution in [2.45, 2.75) is 32.3 Å². The number of rotatable bonds is 4. The van der Waals surface area contributed by atoms with Crippen LogP contribution in [0.15, 0.2) is 18.2 Å². The number of fused-ring (bicyclic) bond motifs is 1. The number of hydrogen-bond donors (Lipinski definition) is 0. The van der Waals surface area contributed by atoms with E-state index in [0.29, 0.717) is 31.3 Å². The summed E-state index contributed by atoms with van der Waals surface area (Å²) < 4.78 is 16.7. The first kappa shape index (κ1) is 16.2. The molecule has 1 saturated heterocycles. The maximum absolute atomic E-state index is 12.5. The quantitative estimate of drug-likeness (QED) is 0.783. The molecule has 0 bridgehead atoms. The second-order valence-corrected chi connectivity index (χ2v) is 6.95. The number of piperidine rings is 1. The molecule has 1 aromatic rings. The summed E-state index contributed by atoms with van der Waals surface area (Å²) >= 11 is 0. The first-order chi connectivity index (χ1) is 12.2. The fourth-order valence-electron chi connectivity index (χ4n) is 3.47.